The van der Waals surface area contributed by atoms with E-state index < -0.39 is 97.8 Å². The maximum Gasteiger partial charge on any atom is 0.573 e. The number of carbonyl (C=O) groups excluding carboxylic acids is 4. The van der Waals surface area contributed by atoms with Gasteiger partial charge in [-0.2, -0.15) is 13.2 Å². The lowest BCUT2D eigenvalue weighted by Crippen LogP contribution is -2.57. The van der Waals surface area contributed by atoms with E-state index in [0.29, 0.717) is 74.5 Å². The Bertz CT molecular complexity index is 2280. The molecule has 4 heterocycles. The quantitative estimate of drug-likeness (QED) is 0.181. The molecule has 13 nitrogen and oxygen atoms in total. The molecule has 1 saturated heterocycles. The summed E-state index contributed by atoms with van der Waals surface area (Å²) in [4.78, 5) is 62.2. The van der Waals surface area contributed by atoms with Crippen molar-refractivity contribution in [2.75, 3.05) is 6.54 Å². The summed E-state index contributed by atoms with van der Waals surface area (Å²) in [7, 11) is -4.12. The smallest absolute Gasteiger partial charge is 0.483 e. The maximum atomic E-state index is 14.8. The molecule has 2 aliphatic carbocycles. The number of benzene rings is 1. The lowest BCUT2D eigenvalue weighted by atomic mass is 9.87. The minimum absolute atomic E-state index is 0.0599. The third-order valence-corrected chi connectivity index (χ3v) is 14.9. The van der Waals surface area contributed by atoms with Gasteiger partial charge in [0.05, 0.1) is 28.9 Å². The summed E-state index contributed by atoms with van der Waals surface area (Å²) in [5, 5.41) is 3.11. The predicted molar refractivity (Wildman–Crippen MR) is 205 cm³/mol. The lowest BCUT2D eigenvalue weighted by molar-refractivity contribution is -0.274. The van der Waals surface area contributed by atoms with Crippen LogP contribution in [0.1, 0.15) is 103 Å². The number of nitrogens with zero attached hydrogens (tertiary/aromatic N) is 2. The molecule has 334 valence electrons. The fraction of sp³-hybridized carbons (Fsp3) is 0.634. The van der Waals surface area contributed by atoms with Crippen LogP contribution in [0.25, 0.3) is 10.9 Å². The second-order valence-corrected chi connectivity index (χ2v) is 20.0. The van der Waals surface area contributed by atoms with Crippen LogP contribution in [0.3, 0.4) is 0 Å². The van der Waals surface area contributed by atoms with Crippen LogP contribution in [0.4, 0.5) is 26.3 Å². The van der Waals surface area contributed by atoms with E-state index in [4.69, 9.17) is 9.47 Å². The predicted octanol–water partition coefficient (Wildman–Crippen LogP) is 6.39. The molecule has 0 unspecified atom stereocenters. The van der Waals surface area contributed by atoms with Crippen LogP contribution >= 0.6 is 0 Å². The van der Waals surface area contributed by atoms with Gasteiger partial charge in [0.25, 0.3) is 5.91 Å². The standard InChI is InChI=1S/C41H48F6N4O9S/c1-23-32-27(28-19-26(58-41(45,46)47)12-13-29(28)48-23)14-15-38(60-32)21-30-33(53)49-39(35(55)50-61(56,57)37(4)16-17-37)20-25(39)11-9-7-5-6-8-10-24(34(54)51(30)22-38)18-31(52)59-36(2,3)40(42,43)44/h9,11-13,19,24-25,30H,5-8,10,14-18,20-22H2,1-4H3,(H,49,53)(H,50,55)/b11-9-/t24-,25-,30+,38-,39-/m1/s1. The van der Waals surface area contributed by atoms with E-state index in [2.05, 4.69) is 19.8 Å². The summed E-state index contributed by atoms with van der Waals surface area (Å²) in [6.07, 6.45) is -3.96. The number of pyridine rings is 1. The molecule has 0 radical (unpaired) electrons. The van der Waals surface area contributed by atoms with Crippen LogP contribution < -0.4 is 19.5 Å². The fourth-order valence-electron chi connectivity index (χ4n) is 8.59. The highest BCUT2D eigenvalue weighted by Crippen LogP contribution is 2.49. The first-order valence-electron chi connectivity index (χ1n) is 20.3. The molecular formula is C41H48F6N4O9S. The van der Waals surface area contributed by atoms with Crippen molar-refractivity contribution in [3.63, 3.8) is 0 Å². The first-order chi connectivity index (χ1) is 28.3. The van der Waals surface area contributed by atoms with Crippen molar-refractivity contribution in [1.29, 1.82) is 0 Å². The van der Waals surface area contributed by atoms with E-state index >= 15 is 0 Å². The summed E-state index contributed by atoms with van der Waals surface area (Å²) in [5.74, 6) is -5.84. The lowest BCUT2D eigenvalue weighted by Gasteiger charge is -2.36. The molecule has 20 heteroatoms. The molecule has 3 amide bonds. The number of esters is 1. The van der Waals surface area contributed by atoms with Crippen LogP contribution in [0, 0.1) is 18.8 Å². The molecule has 3 fully saturated rings. The van der Waals surface area contributed by atoms with Gasteiger partial charge in [0, 0.05) is 29.2 Å². The Morgan fingerprint density at radius 1 is 1.05 bits per heavy atom. The summed E-state index contributed by atoms with van der Waals surface area (Å²) in [6.45, 7) is 4.27. The Morgan fingerprint density at radius 2 is 1.77 bits per heavy atom. The van der Waals surface area contributed by atoms with Gasteiger partial charge < -0.3 is 24.4 Å². The highest BCUT2D eigenvalue weighted by Gasteiger charge is 2.64. The minimum atomic E-state index is -4.96. The molecule has 7 rings (SSSR count). The molecule has 61 heavy (non-hydrogen) atoms. The van der Waals surface area contributed by atoms with Gasteiger partial charge in [0.1, 0.15) is 28.7 Å². The van der Waals surface area contributed by atoms with Gasteiger partial charge in [-0.3, -0.25) is 23.9 Å². The van der Waals surface area contributed by atoms with Crippen molar-refractivity contribution in [3.8, 4) is 11.5 Å². The first kappa shape index (κ1) is 44.4. The van der Waals surface area contributed by atoms with Crippen LogP contribution in [-0.2, 0) is 40.4 Å². The molecule has 2 N–H and O–H groups in total. The Morgan fingerprint density at radius 3 is 2.44 bits per heavy atom. The monoisotopic (exact) mass is 886 g/mol. The van der Waals surface area contributed by atoms with Crippen molar-refractivity contribution in [1.82, 2.24) is 19.9 Å². The third-order valence-electron chi connectivity index (χ3n) is 12.8. The van der Waals surface area contributed by atoms with E-state index in [-0.39, 0.29) is 44.4 Å². The Labute approximate surface area is 348 Å². The Balaban J connectivity index is 1.24. The second-order valence-electron chi connectivity index (χ2n) is 17.8. The normalized spacial score (nSPS) is 28.6. The van der Waals surface area contributed by atoms with E-state index in [1.54, 1.807) is 13.0 Å². The van der Waals surface area contributed by atoms with Crippen molar-refractivity contribution < 1.29 is 68.1 Å². The topological polar surface area (TPSA) is 170 Å². The van der Waals surface area contributed by atoms with Crippen LogP contribution in [0.5, 0.6) is 11.5 Å². The highest BCUT2D eigenvalue weighted by molar-refractivity contribution is 7.91. The zero-order valence-electron chi connectivity index (χ0n) is 34.1. The number of halogens is 6. The minimum Gasteiger partial charge on any atom is -0.483 e. The number of aryl methyl sites for hydroxylation is 2. The van der Waals surface area contributed by atoms with Gasteiger partial charge in [-0.1, -0.05) is 25.0 Å². The first-order valence-corrected chi connectivity index (χ1v) is 21.8. The summed E-state index contributed by atoms with van der Waals surface area (Å²) in [5.41, 5.74) is -4.62. The third kappa shape index (κ3) is 8.87. The van der Waals surface area contributed by atoms with E-state index in [9.17, 15) is 53.9 Å². The van der Waals surface area contributed by atoms with Crippen LogP contribution in [0.15, 0.2) is 30.4 Å². The SMILES string of the molecule is Cc1nc2ccc(OC(F)(F)F)cc2c2c1O[C@]1(CC2)C[C@H]2C(=O)N[C@]3(C(=O)NS(=O)(=O)C4(C)CC4)C[C@H]3/C=C\CCCCC[C@H](CC(=O)OC(C)(C)C(F)(F)F)C(=O)N2C1. The second kappa shape index (κ2) is 15.3. The van der Waals surface area contributed by atoms with Crippen LogP contribution in [0.2, 0.25) is 0 Å². The number of carbonyl (C=O) groups is 4. The number of sulfonamides is 1. The largest absolute Gasteiger partial charge is 0.573 e. The highest BCUT2D eigenvalue weighted by atomic mass is 32.2. The number of nitrogens with one attached hydrogen (secondary N) is 2. The molecule has 1 aromatic heterocycles. The van der Waals surface area contributed by atoms with E-state index in [1.807, 2.05) is 6.08 Å². The molecule has 2 aromatic rings. The Hall–Kier alpha value is -4.62. The Kier molecular flexibility index (Phi) is 11.2. The average Bonchev–Trinajstić information content (AvgIpc) is 4.04. The van der Waals surface area contributed by atoms with E-state index in [1.165, 1.54) is 24.0 Å². The molecule has 3 aliphatic heterocycles. The number of alkyl halides is 6. The number of ether oxygens (including phenoxy) is 3. The van der Waals surface area contributed by atoms with Gasteiger partial charge in [0.15, 0.2) is 0 Å². The molecule has 5 aliphatic rings. The molecule has 0 bridgehead atoms. The van der Waals surface area contributed by atoms with Gasteiger partial charge in [-0.15, -0.1) is 13.2 Å². The number of amides is 3. The zero-order valence-corrected chi connectivity index (χ0v) is 34.9. The molecule has 2 saturated carbocycles. The number of rotatable bonds is 7. The summed E-state index contributed by atoms with van der Waals surface area (Å²) >= 11 is 0. The van der Waals surface area contributed by atoms with Gasteiger partial charge >= 0.3 is 18.5 Å². The number of aromatic nitrogens is 1. The van der Waals surface area contributed by atoms with Crippen LogP contribution in [-0.4, -0.2) is 88.6 Å². The average molecular weight is 887 g/mol. The number of hydrogen-bond acceptors (Lipinski definition) is 10. The number of hydrogen-bond donors (Lipinski definition) is 2. The van der Waals surface area contributed by atoms with Gasteiger partial charge in [-0.25, -0.2) is 13.4 Å². The molecule has 5 atom stereocenters. The van der Waals surface area contributed by atoms with E-state index in [0.717, 1.165) is 6.07 Å². The van der Waals surface area contributed by atoms with Gasteiger partial charge in [0.2, 0.25) is 27.4 Å². The molecular weight excluding hydrogens is 839 g/mol. The van der Waals surface area contributed by atoms with Gasteiger partial charge in [-0.05, 0) is 97.3 Å². The maximum absolute atomic E-state index is 14.8. The number of allylic oxidation sites excluding steroid dienone is 1. The fourth-order valence-corrected chi connectivity index (χ4v) is 9.90. The van der Waals surface area contributed by atoms with Crippen molar-refractivity contribution in [3.05, 3.63) is 41.6 Å². The van der Waals surface area contributed by atoms with Crippen molar-refractivity contribution >= 4 is 44.6 Å². The molecule has 1 spiro atoms. The van der Waals surface area contributed by atoms with Crippen molar-refractivity contribution in [2.45, 2.75) is 145 Å². The number of fused-ring (bicyclic) bond motifs is 5. The van der Waals surface area contributed by atoms with Crippen molar-refractivity contribution in [2.24, 2.45) is 11.8 Å². The summed E-state index contributed by atoms with van der Waals surface area (Å²) < 4.78 is 124. The summed E-state index contributed by atoms with van der Waals surface area (Å²) in [6, 6.07) is 2.34. The zero-order chi connectivity index (χ0) is 44.6. The molecule has 1 aromatic carbocycles.